The minimum absolute atomic E-state index is 0.295. The Balaban J connectivity index is 1.66. The first-order valence-electron chi connectivity index (χ1n) is 7.87. The molecule has 0 aromatic heterocycles. The molecule has 2 heterocycles. The van der Waals surface area contributed by atoms with Crippen LogP contribution >= 0.6 is 0 Å². The minimum atomic E-state index is 0.295. The molecule has 1 fully saturated rings. The highest BCUT2D eigenvalue weighted by atomic mass is 16.5. The Bertz CT molecular complexity index is 474. The summed E-state index contributed by atoms with van der Waals surface area (Å²) in [4.78, 5) is 2.55. The van der Waals surface area contributed by atoms with E-state index >= 15 is 0 Å². The average molecular weight is 274 g/mol. The van der Waals surface area contributed by atoms with Gasteiger partial charge in [0.1, 0.15) is 5.75 Å². The fourth-order valence-corrected chi connectivity index (χ4v) is 3.50. The van der Waals surface area contributed by atoms with Gasteiger partial charge in [-0.1, -0.05) is 26.0 Å². The topological polar surface area (TPSA) is 24.5 Å². The molecule has 1 aromatic carbocycles. The lowest BCUT2D eigenvalue weighted by atomic mass is 9.82. The van der Waals surface area contributed by atoms with Gasteiger partial charge in [0.25, 0.3) is 0 Å². The lowest BCUT2D eigenvalue weighted by Crippen LogP contribution is -2.44. The molecule has 2 aliphatic rings. The molecule has 0 aliphatic carbocycles. The van der Waals surface area contributed by atoms with Gasteiger partial charge < -0.3 is 15.0 Å². The van der Waals surface area contributed by atoms with Crippen molar-refractivity contribution in [3.8, 4) is 5.75 Å². The largest absolute Gasteiger partial charge is 0.493 e. The van der Waals surface area contributed by atoms with E-state index < -0.39 is 0 Å². The summed E-state index contributed by atoms with van der Waals surface area (Å²) in [5.74, 6) is 1.09. The number of benzene rings is 1. The van der Waals surface area contributed by atoms with Crippen LogP contribution < -0.4 is 10.1 Å². The maximum absolute atomic E-state index is 6.22. The van der Waals surface area contributed by atoms with E-state index in [4.69, 9.17) is 4.74 Å². The predicted octanol–water partition coefficient (Wildman–Crippen LogP) is 2.79. The molecule has 2 aliphatic heterocycles. The molecule has 1 N–H and O–H groups in total. The van der Waals surface area contributed by atoms with Gasteiger partial charge in [0, 0.05) is 30.6 Å². The molecule has 0 amide bonds. The van der Waals surface area contributed by atoms with Crippen LogP contribution in [-0.4, -0.2) is 31.1 Å². The predicted molar refractivity (Wildman–Crippen MR) is 81.9 cm³/mol. The molecule has 0 bridgehead atoms. The molecule has 110 valence electrons. The van der Waals surface area contributed by atoms with Gasteiger partial charge >= 0.3 is 0 Å². The van der Waals surface area contributed by atoms with Crippen molar-refractivity contribution in [1.82, 2.24) is 10.2 Å². The summed E-state index contributed by atoms with van der Waals surface area (Å²) < 4.78 is 6.22. The molecule has 1 aromatic rings. The lowest BCUT2D eigenvalue weighted by Gasteiger charge is -2.39. The van der Waals surface area contributed by atoms with Gasteiger partial charge in [-0.25, -0.2) is 0 Å². The third-order valence-corrected chi connectivity index (χ3v) is 4.73. The first-order chi connectivity index (χ1) is 9.70. The second-order valence-corrected chi connectivity index (χ2v) is 6.57. The normalized spacial score (nSPS) is 26.5. The Hall–Kier alpha value is -1.06. The van der Waals surface area contributed by atoms with Gasteiger partial charge in [0.05, 0.1) is 6.61 Å². The highest BCUT2D eigenvalue weighted by Crippen LogP contribution is 2.32. The number of nitrogens with zero attached hydrogens (tertiary/aromatic N) is 1. The van der Waals surface area contributed by atoms with Gasteiger partial charge in [-0.3, -0.25) is 0 Å². The third-order valence-electron chi connectivity index (χ3n) is 4.73. The quantitative estimate of drug-likeness (QED) is 0.913. The Kier molecular flexibility index (Phi) is 3.99. The molecule has 3 heteroatoms. The maximum Gasteiger partial charge on any atom is 0.124 e. The standard InChI is InChI=1S/C17H26N2O/c1-3-19-9-5-8-17(2,12-19)13-20-16-7-4-6-14-10-18-11-15(14)16/h4,6-7,18H,3,5,8-13H2,1-2H3. The van der Waals surface area contributed by atoms with E-state index in [1.54, 1.807) is 0 Å². The molecule has 3 rings (SSSR count). The highest BCUT2D eigenvalue weighted by Gasteiger charge is 2.31. The summed E-state index contributed by atoms with van der Waals surface area (Å²) in [5, 5.41) is 3.40. The van der Waals surface area contributed by atoms with Crippen LogP contribution in [0.25, 0.3) is 0 Å². The van der Waals surface area contributed by atoms with Crippen LogP contribution in [0.3, 0.4) is 0 Å². The minimum Gasteiger partial charge on any atom is -0.493 e. The van der Waals surface area contributed by atoms with E-state index in [1.807, 2.05) is 0 Å². The lowest BCUT2D eigenvalue weighted by molar-refractivity contribution is 0.0589. The first kappa shape index (κ1) is 13.9. The van der Waals surface area contributed by atoms with E-state index in [0.717, 1.165) is 38.5 Å². The molecule has 1 unspecified atom stereocenters. The Morgan fingerprint density at radius 1 is 1.35 bits per heavy atom. The zero-order chi connectivity index (χ0) is 14.0. The number of rotatable bonds is 4. The Morgan fingerprint density at radius 2 is 2.25 bits per heavy atom. The number of likely N-dealkylation sites (tertiary alicyclic amines) is 1. The number of ether oxygens (including phenoxy) is 1. The fourth-order valence-electron chi connectivity index (χ4n) is 3.50. The summed E-state index contributed by atoms with van der Waals surface area (Å²) in [5.41, 5.74) is 3.05. The Labute approximate surface area is 122 Å². The summed E-state index contributed by atoms with van der Waals surface area (Å²) in [6.45, 7) is 10.9. The van der Waals surface area contributed by atoms with Crippen LogP contribution in [0.2, 0.25) is 0 Å². The summed E-state index contributed by atoms with van der Waals surface area (Å²) in [6, 6.07) is 6.43. The third kappa shape index (κ3) is 2.84. The SMILES string of the molecule is CCN1CCCC(C)(COc2cccc3c2CNC3)C1. The van der Waals surface area contributed by atoms with Crippen molar-refractivity contribution in [2.24, 2.45) is 5.41 Å². The van der Waals surface area contributed by atoms with Crippen molar-refractivity contribution < 1.29 is 4.74 Å². The zero-order valence-corrected chi connectivity index (χ0v) is 12.7. The molecule has 1 saturated heterocycles. The van der Waals surface area contributed by atoms with Gasteiger partial charge in [-0.15, -0.1) is 0 Å². The molecule has 0 radical (unpaired) electrons. The van der Waals surface area contributed by atoms with Crippen LogP contribution in [0.4, 0.5) is 0 Å². The molecule has 3 nitrogen and oxygen atoms in total. The van der Waals surface area contributed by atoms with Gasteiger partial charge in [0.15, 0.2) is 0 Å². The monoisotopic (exact) mass is 274 g/mol. The second kappa shape index (κ2) is 5.74. The van der Waals surface area contributed by atoms with Crippen LogP contribution in [0.1, 0.15) is 37.8 Å². The van der Waals surface area contributed by atoms with Crippen molar-refractivity contribution >= 4 is 0 Å². The van der Waals surface area contributed by atoms with Crippen LogP contribution in [0.5, 0.6) is 5.75 Å². The van der Waals surface area contributed by atoms with E-state index in [0.29, 0.717) is 5.41 Å². The average Bonchev–Trinajstić information content (AvgIpc) is 2.94. The van der Waals surface area contributed by atoms with E-state index in [9.17, 15) is 0 Å². The molecule has 0 spiro atoms. The molecular formula is C17H26N2O. The summed E-state index contributed by atoms with van der Waals surface area (Å²) >= 11 is 0. The zero-order valence-electron chi connectivity index (χ0n) is 12.7. The number of hydrogen-bond donors (Lipinski definition) is 1. The van der Waals surface area contributed by atoms with Gasteiger partial charge in [-0.2, -0.15) is 0 Å². The van der Waals surface area contributed by atoms with E-state index in [2.05, 4.69) is 42.3 Å². The van der Waals surface area contributed by atoms with Crippen molar-refractivity contribution in [3.63, 3.8) is 0 Å². The van der Waals surface area contributed by atoms with Crippen molar-refractivity contribution in [1.29, 1.82) is 0 Å². The van der Waals surface area contributed by atoms with Crippen molar-refractivity contribution in [2.45, 2.75) is 39.8 Å². The highest BCUT2D eigenvalue weighted by molar-refractivity contribution is 5.42. The fraction of sp³-hybridized carbons (Fsp3) is 0.647. The number of fused-ring (bicyclic) bond motifs is 1. The van der Waals surface area contributed by atoms with Crippen LogP contribution in [-0.2, 0) is 13.1 Å². The van der Waals surface area contributed by atoms with Crippen molar-refractivity contribution in [3.05, 3.63) is 29.3 Å². The second-order valence-electron chi connectivity index (χ2n) is 6.57. The van der Waals surface area contributed by atoms with Gasteiger partial charge in [-0.05, 0) is 37.6 Å². The molecular weight excluding hydrogens is 248 g/mol. The number of piperidine rings is 1. The van der Waals surface area contributed by atoms with E-state index in [1.165, 1.54) is 30.5 Å². The maximum atomic E-state index is 6.22. The van der Waals surface area contributed by atoms with Gasteiger partial charge in [0.2, 0.25) is 0 Å². The first-order valence-corrected chi connectivity index (χ1v) is 7.87. The molecule has 1 atom stereocenters. The Morgan fingerprint density at radius 3 is 3.10 bits per heavy atom. The smallest absolute Gasteiger partial charge is 0.124 e. The van der Waals surface area contributed by atoms with Crippen molar-refractivity contribution in [2.75, 3.05) is 26.2 Å². The van der Waals surface area contributed by atoms with Crippen LogP contribution in [0, 0.1) is 5.41 Å². The number of hydrogen-bond acceptors (Lipinski definition) is 3. The molecule has 20 heavy (non-hydrogen) atoms. The van der Waals surface area contributed by atoms with E-state index in [-0.39, 0.29) is 0 Å². The summed E-state index contributed by atoms with van der Waals surface area (Å²) in [6.07, 6.45) is 2.57. The molecule has 0 saturated carbocycles. The number of nitrogens with one attached hydrogen (secondary N) is 1. The summed E-state index contributed by atoms with van der Waals surface area (Å²) in [7, 11) is 0. The van der Waals surface area contributed by atoms with Crippen LogP contribution in [0.15, 0.2) is 18.2 Å².